The van der Waals surface area contributed by atoms with Crippen molar-refractivity contribution in [3.8, 4) is 0 Å². The Bertz CT molecular complexity index is 367. The van der Waals surface area contributed by atoms with Crippen molar-refractivity contribution in [1.29, 1.82) is 0 Å². The monoisotopic (exact) mass is 267 g/mol. The highest BCUT2D eigenvalue weighted by molar-refractivity contribution is 7.92. The van der Waals surface area contributed by atoms with Crippen molar-refractivity contribution >= 4 is 33.1 Å². The van der Waals surface area contributed by atoms with Crippen LogP contribution in [0.3, 0.4) is 0 Å². The predicted octanol–water partition coefficient (Wildman–Crippen LogP) is -0.941. The van der Waals surface area contributed by atoms with E-state index in [1.807, 2.05) is 0 Å². The number of nitrogens with one attached hydrogen (secondary N) is 1. The maximum absolute atomic E-state index is 11.8. The second-order valence-corrected chi connectivity index (χ2v) is 6.17. The van der Waals surface area contributed by atoms with Crippen LogP contribution < -0.4 is 11.1 Å². The Morgan fingerprint density at radius 3 is 2.44 bits per heavy atom. The summed E-state index contributed by atoms with van der Waals surface area (Å²) in [6.07, 6.45) is 0.107. The van der Waals surface area contributed by atoms with Crippen LogP contribution in [0.4, 0.5) is 0 Å². The second kappa shape index (κ2) is 6.12. The SMILES string of the molecule is CNC(=O)CCN(C)S(=O)(=O)C(C)C(N)=S. The third-order valence-corrected chi connectivity index (χ3v) is 4.92. The zero-order valence-electron chi connectivity index (χ0n) is 9.56. The fourth-order valence-electron chi connectivity index (χ4n) is 0.928. The first-order chi connectivity index (χ1) is 7.23. The lowest BCUT2D eigenvalue weighted by atomic mass is 10.4. The molecule has 16 heavy (non-hydrogen) atoms. The summed E-state index contributed by atoms with van der Waals surface area (Å²) in [7, 11) is -0.665. The topological polar surface area (TPSA) is 92.5 Å². The van der Waals surface area contributed by atoms with E-state index >= 15 is 0 Å². The lowest BCUT2D eigenvalue weighted by molar-refractivity contribution is -0.120. The Labute approximate surface area is 101 Å². The molecule has 0 radical (unpaired) electrons. The molecule has 8 heteroatoms. The summed E-state index contributed by atoms with van der Waals surface area (Å²) in [5.74, 6) is -0.218. The molecule has 3 N–H and O–H groups in total. The van der Waals surface area contributed by atoms with Gasteiger partial charge >= 0.3 is 0 Å². The molecule has 0 saturated heterocycles. The molecule has 0 bridgehead atoms. The first-order valence-electron chi connectivity index (χ1n) is 4.68. The summed E-state index contributed by atoms with van der Waals surface area (Å²) in [5.41, 5.74) is 5.29. The molecule has 0 aromatic heterocycles. The molecule has 0 fully saturated rings. The first kappa shape index (κ1) is 15.3. The number of hydrogen-bond acceptors (Lipinski definition) is 4. The van der Waals surface area contributed by atoms with Gasteiger partial charge in [0.2, 0.25) is 15.9 Å². The molecule has 0 aliphatic rings. The van der Waals surface area contributed by atoms with Gasteiger partial charge in [0.1, 0.15) is 5.25 Å². The van der Waals surface area contributed by atoms with Crippen LogP contribution in [0.5, 0.6) is 0 Å². The Morgan fingerprint density at radius 1 is 1.56 bits per heavy atom. The van der Waals surface area contributed by atoms with E-state index in [9.17, 15) is 13.2 Å². The lowest BCUT2D eigenvalue weighted by Crippen LogP contribution is -2.42. The van der Waals surface area contributed by atoms with Crippen LogP contribution >= 0.6 is 12.2 Å². The van der Waals surface area contributed by atoms with E-state index in [0.29, 0.717) is 0 Å². The van der Waals surface area contributed by atoms with E-state index in [-0.39, 0.29) is 23.9 Å². The van der Waals surface area contributed by atoms with E-state index in [2.05, 4.69) is 17.5 Å². The van der Waals surface area contributed by atoms with E-state index in [4.69, 9.17) is 5.73 Å². The lowest BCUT2D eigenvalue weighted by Gasteiger charge is -2.20. The minimum atomic E-state index is -3.56. The molecule has 0 aliphatic carbocycles. The molecule has 0 aliphatic heterocycles. The Morgan fingerprint density at radius 2 is 2.06 bits per heavy atom. The smallest absolute Gasteiger partial charge is 0.222 e. The molecule has 1 unspecified atom stereocenters. The van der Waals surface area contributed by atoms with Crippen molar-refractivity contribution in [3.05, 3.63) is 0 Å². The number of sulfonamides is 1. The number of rotatable bonds is 6. The third-order valence-electron chi connectivity index (χ3n) is 2.21. The van der Waals surface area contributed by atoms with Crippen LogP contribution in [-0.4, -0.2) is 49.5 Å². The highest BCUT2D eigenvalue weighted by atomic mass is 32.2. The quantitative estimate of drug-likeness (QED) is 0.606. The molecule has 6 nitrogen and oxygen atoms in total. The van der Waals surface area contributed by atoms with E-state index < -0.39 is 15.3 Å². The Balaban J connectivity index is 4.54. The van der Waals surface area contributed by atoms with Crippen molar-refractivity contribution < 1.29 is 13.2 Å². The van der Waals surface area contributed by atoms with Crippen molar-refractivity contribution in [2.24, 2.45) is 5.73 Å². The second-order valence-electron chi connectivity index (χ2n) is 3.33. The van der Waals surface area contributed by atoms with Gasteiger partial charge in [-0.2, -0.15) is 0 Å². The molecule has 1 amide bonds. The summed E-state index contributed by atoms with van der Waals surface area (Å²) < 4.78 is 24.7. The Kier molecular flexibility index (Phi) is 5.84. The van der Waals surface area contributed by atoms with Gasteiger partial charge in [0.25, 0.3) is 0 Å². The molecular formula is C8H17N3O3S2. The summed E-state index contributed by atoms with van der Waals surface area (Å²) in [6, 6.07) is 0. The standard InChI is InChI=1S/C8H17N3O3S2/c1-6(8(9)15)16(13,14)11(3)5-4-7(12)10-2/h6H,4-5H2,1-3H3,(H2,9,15)(H,10,12). The van der Waals surface area contributed by atoms with E-state index in [0.717, 1.165) is 4.31 Å². The predicted molar refractivity (Wildman–Crippen MR) is 66.5 cm³/mol. The normalized spacial score (nSPS) is 13.5. The summed E-state index contributed by atoms with van der Waals surface area (Å²) in [4.78, 5) is 10.9. The van der Waals surface area contributed by atoms with Crippen molar-refractivity contribution in [2.45, 2.75) is 18.6 Å². The van der Waals surface area contributed by atoms with Gasteiger partial charge in [0, 0.05) is 27.1 Å². The van der Waals surface area contributed by atoms with Crippen molar-refractivity contribution in [3.63, 3.8) is 0 Å². The Hall–Kier alpha value is -0.730. The van der Waals surface area contributed by atoms with Gasteiger partial charge in [0.05, 0.1) is 4.99 Å². The fourth-order valence-corrected chi connectivity index (χ4v) is 2.47. The third kappa shape index (κ3) is 4.03. The zero-order chi connectivity index (χ0) is 12.9. The molecule has 0 heterocycles. The number of hydrogen-bond donors (Lipinski definition) is 2. The van der Waals surface area contributed by atoms with Crippen molar-refractivity contribution in [2.75, 3.05) is 20.6 Å². The largest absolute Gasteiger partial charge is 0.392 e. The molecule has 94 valence electrons. The van der Waals surface area contributed by atoms with Gasteiger partial charge in [-0.15, -0.1) is 0 Å². The van der Waals surface area contributed by atoms with Crippen LogP contribution in [0.25, 0.3) is 0 Å². The fraction of sp³-hybridized carbons (Fsp3) is 0.750. The average Bonchev–Trinajstić information content (AvgIpc) is 2.23. The number of thiocarbonyl (C=S) groups is 1. The molecule has 1 atom stereocenters. The van der Waals surface area contributed by atoms with Gasteiger partial charge in [-0.05, 0) is 6.92 Å². The zero-order valence-corrected chi connectivity index (χ0v) is 11.2. The molecule has 0 saturated carbocycles. The van der Waals surface area contributed by atoms with Gasteiger partial charge in [0.15, 0.2) is 0 Å². The van der Waals surface area contributed by atoms with Crippen LogP contribution in [-0.2, 0) is 14.8 Å². The molecule has 0 aromatic carbocycles. The van der Waals surface area contributed by atoms with Gasteiger partial charge in [-0.1, -0.05) is 12.2 Å². The van der Waals surface area contributed by atoms with Gasteiger partial charge in [-0.25, -0.2) is 12.7 Å². The van der Waals surface area contributed by atoms with E-state index in [1.54, 1.807) is 0 Å². The first-order valence-corrected chi connectivity index (χ1v) is 6.59. The number of nitrogens with zero attached hydrogens (tertiary/aromatic N) is 1. The average molecular weight is 267 g/mol. The molecular weight excluding hydrogens is 250 g/mol. The highest BCUT2D eigenvalue weighted by Gasteiger charge is 2.27. The number of amides is 1. The maximum Gasteiger partial charge on any atom is 0.222 e. The number of carbonyl (C=O) groups excluding carboxylic acids is 1. The maximum atomic E-state index is 11.8. The van der Waals surface area contributed by atoms with Gasteiger partial charge < -0.3 is 11.1 Å². The van der Waals surface area contributed by atoms with Crippen LogP contribution in [0, 0.1) is 0 Å². The van der Waals surface area contributed by atoms with Crippen LogP contribution in [0.2, 0.25) is 0 Å². The van der Waals surface area contributed by atoms with Crippen LogP contribution in [0.1, 0.15) is 13.3 Å². The van der Waals surface area contributed by atoms with E-state index in [1.165, 1.54) is 21.0 Å². The summed E-state index contributed by atoms with van der Waals surface area (Å²) in [6.45, 7) is 1.53. The summed E-state index contributed by atoms with van der Waals surface area (Å²) >= 11 is 4.64. The minimum absolute atomic E-state index is 0.0770. The highest BCUT2D eigenvalue weighted by Crippen LogP contribution is 2.07. The van der Waals surface area contributed by atoms with Crippen molar-refractivity contribution in [1.82, 2.24) is 9.62 Å². The number of carbonyl (C=O) groups is 1. The van der Waals surface area contributed by atoms with Gasteiger partial charge in [-0.3, -0.25) is 4.79 Å². The molecule has 0 spiro atoms. The summed E-state index contributed by atoms with van der Waals surface area (Å²) in [5, 5.41) is 1.49. The minimum Gasteiger partial charge on any atom is -0.392 e. The molecule has 0 aromatic rings. The van der Waals surface area contributed by atoms with Crippen LogP contribution in [0.15, 0.2) is 0 Å². The molecule has 0 rings (SSSR count). The number of nitrogens with two attached hydrogens (primary N) is 1.